The van der Waals surface area contributed by atoms with Gasteiger partial charge >= 0.3 is 0 Å². The first-order chi connectivity index (χ1) is 14.8. The predicted octanol–water partition coefficient (Wildman–Crippen LogP) is 8.23. The second-order valence-electron chi connectivity index (χ2n) is 8.05. The molecule has 0 spiro atoms. The van der Waals surface area contributed by atoms with Crippen LogP contribution >= 0.6 is 11.6 Å². The van der Waals surface area contributed by atoms with Crippen LogP contribution in [0.25, 0.3) is 22.5 Å². The molecule has 3 heteroatoms. The first-order valence-electron chi connectivity index (χ1n) is 11.4. The van der Waals surface area contributed by atoms with E-state index < -0.39 is 0 Å². The van der Waals surface area contributed by atoms with E-state index in [9.17, 15) is 0 Å². The molecule has 3 aromatic rings. The highest BCUT2D eigenvalue weighted by atomic mass is 35.5. The molecule has 0 saturated heterocycles. The molecule has 158 valence electrons. The molecule has 3 rings (SSSR count). The summed E-state index contributed by atoms with van der Waals surface area (Å²) in [7, 11) is 0. The predicted molar refractivity (Wildman–Crippen MR) is 129 cm³/mol. The maximum absolute atomic E-state index is 5.86. The largest absolute Gasteiger partial charge is 0.236 e. The second-order valence-corrected chi connectivity index (χ2v) is 8.31. The molecule has 2 nitrogen and oxygen atoms in total. The summed E-state index contributed by atoms with van der Waals surface area (Å²) in [6.45, 7) is 2.27. The quantitative estimate of drug-likeness (QED) is 0.218. The van der Waals surface area contributed by atoms with Crippen molar-refractivity contribution in [1.29, 1.82) is 0 Å². The summed E-state index contributed by atoms with van der Waals surface area (Å²) < 4.78 is 0. The Morgan fingerprint density at radius 3 is 1.73 bits per heavy atom. The summed E-state index contributed by atoms with van der Waals surface area (Å²) in [5.41, 5.74) is 5.75. The molecule has 0 unspecified atom stereocenters. The van der Waals surface area contributed by atoms with Crippen LogP contribution in [0.2, 0.25) is 0 Å². The average Bonchev–Trinajstić information content (AvgIpc) is 2.81. The Labute approximate surface area is 186 Å². The van der Waals surface area contributed by atoms with Crippen LogP contribution in [0, 0.1) is 0 Å². The van der Waals surface area contributed by atoms with Gasteiger partial charge in [0, 0.05) is 29.4 Å². The number of aromatic nitrogens is 2. The fraction of sp³-hybridized carbons (Fsp3) is 0.407. The third kappa shape index (κ3) is 6.95. The van der Waals surface area contributed by atoms with E-state index >= 15 is 0 Å². The van der Waals surface area contributed by atoms with E-state index in [1.807, 2.05) is 36.7 Å². The molecule has 0 aliphatic carbocycles. The number of halogens is 1. The molecule has 0 N–H and O–H groups in total. The van der Waals surface area contributed by atoms with Crippen molar-refractivity contribution in [3.63, 3.8) is 0 Å². The Hall–Kier alpha value is -2.19. The molecule has 0 aliphatic rings. The highest BCUT2D eigenvalue weighted by molar-refractivity contribution is 6.17. The smallest absolute Gasteiger partial charge is 0.159 e. The minimum Gasteiger partial charge on any atom is -0.236 e. The van der Waals surface area contributed by atoms with Crippen LogP contribution in [0.4, 0.5) is 0 Å². The lowest BCUT2D eigenvalue weighted by Gasteiger charge is -2.06. The van der Waals surface area contributed by atoms with Crippen molar-refractivity contribution in [3.05, 3.63) is 72.1 Å². The first kappa shape index (κ1) is 22.5. The van der Waals surface area contributed by atoms with Crippen LogP contribution in [0.5, 0.6) is 0 Å². The van der Waals surface area contributed by atoms with E-state index in [1.165, 1.54) is 68.9 Å². The number of hydrogen-bond acceptors (Lipinski definition) is 2. The van der Waals surface area contributed by atoms with Gasteiger partial charge in [0.05, 0.1) is 0 Å². The van der Waals surface area contributed by atoms with Crippen LogP contribution in [0.15, 0.2) is 60.9 Å². The summed E-state index contributed by atoms with van der Waals surface area (Å²) in [5.74, 6) is 1.26. The number of nitrogens with zero attached hydrogens (tertiary/aromatic N) is 2. The molecular weight excluding hydrogens is 388 g/mol. The van der Waals surface area contributed by atoms with Crippen LogP contribution in [0.3, 0.4) is 0 Å². The molecule has 0 saturated carbocycles. The lowest BCUT2D eigenvalue weighted by Crippen LogP contribution is -1.91. The molecule has 1 aromatic heterocycles. The van der Waals surface area contributed by atoms with Crippen molar-refractivity contribution in [2.45, 2.75) is 70.6 Å². The zero-order valence-corrected chi connectivity index (χ0v) is 18.9. The molecule has 0 radical (unpaired) electrons. The average molecular weight is 421 g/mol. The number of aryl methyl sites for hydroxylation is 1. The summed E-state index contributed by atoms with van der Waals surface area (Å²) >= 11 is 5.86. The Kier molecular flexibility index (Phi) is 9.37. The molecule has 0 bridgehead atoms. The van der Waals surface area contributed by atoms with Crippen LogP contribution < -0.4 is 0 Å². The molecule has 0 atom stereocenters. The van der Waals surface area contributed by atoms with Crippen molar-refractivity contribution >= 4 is 11.6 Å². The lowest BCUT2D eigenvalue weighted by atomic mass is 10.0. The normalized spacial score (nSPS) is 11.0. The van der Waals surface area contributed by atoms with Crippen molar-refractivity contribution in [2.24, 2.45) is 0 Å². The molecule has 0 amide bonds. The van der Waals surface area contributed by atoms with Gasteiger partial charge in [-0.05, 0) is 29.5 Å². The third-order valence-electron chi connectivity index (χ3n) is 5.62. The summed E-state index contributed by atoms with van der Waals surface area (Å²) in [6, 6.07) is 16.9. The summed E-state index contributed by atoms with van der Waals surface area (Å²) in [4.78, 5) is 9.11. The van der Waals surface area contributed by atoms with Crippen LogP contribution in [-0.4, -0.2) is 9.97 Å². The molecule has 1 heterocycles. The Bertz CT molecular complexity index is 855. The minimum absolute atomic E-state index is 0.523. The van der Waals surface area contributed by atoms with Crippen LogP contribution in [-0.2, 0) is 12.3 Å². The van der Waals surface area contributed by atoms with Gasteiger partial charge in [0.1, 0.15) is 0 Å². The molecule has 0 aliphatic heterocycles. The van der Waals surface area contributed by atoms with Gasteiger partial charge in [-0.15, -0.1) is 11.6 Å². The standard InChI is InChI=1S/C27H33ClN2/c1-2-3-4-5-6-7-8-9-10-22-11-15-24(16-12-22)26-20-29-27(30-21-26)25-17-13-23(19-28)14-18-25/h11-18,20-21H,2-10,19H2,1H3. The number of benzene rings is 2. The second kappa shape index (κ2) is 12.5. The topological polar surface area (TPSA) is 25.8 Å². The zero-order chi connectivity index (χ0) is 21.0. The maximum atomic E-state index is 5.86. The highest BCUT2D eigenvalue weighted by Gasteiger charge is 2.04. The number of rotatable bonds is 12. The van der Waals surface area contributed by atoms with Gasteiger partial charge in [-0.25, -0.2) is 9.97 Å². The van der Waals surface area contributed by atoms with E-state index in [2.05, 4.69) is 41.2 Å². The number of hydrogen-bond donors (Lipinski definition) is 0. The monoisotopic (exact) mass is 420 g/mol. The molecule has 30 heavy (non-hydrogen) atoms. The fourth-order valence-corrected chi connectivity index (χ4v) is 3.87. The Balaban J connectivity index is 1.47. The van der Waals surface area contributed by atoms with Crippen molar-refractivity contribution < 1.29 is 0 Å². The zero-order valence-electron chi connectivity index (χ0n) is 18.1. The first-order valence-corrected chi connectivity index (χ1v) is 11.9. The maximum Gasteiger partial charge on any atom is 0.159 e. The number of alkyl halides is 1. The van der Waals surface area contributed by atoms with Crippen molar-refractivity contribution in [3.8, 4) is 22.5 Å². The van der Waals surface area contributed by atoms with E-state index in [0.717, 1.165) is 22.5 Å². The van der Waals surface area contributed by atoms with Gasteiger partial charge in [0.15, 0.2) is 5.82 Å². The minimum atomic E-state index is 0.523. The molecular formula is C27H33ClN2. The van der Waals surface area contributed by atoms with Crippen molar-refractivity contribution in [1.82, 2.24) is 9.97 Å². The third-order valence-corrected chi connectivity index (χ3v) is 5.93. The van der Waals surface area contributed by atoms with Crippen molar-refractivity contribution in [2.75, 3.05) is 0 Å². The fourth-order valence-electron chi connectivity index (χ4n) is 3.70. The molecule has 0 fully saturated rings. The Morgan fingerprint density at radius 1 is 0.600 bits per heavy atom. The Morgan fingerprint density at radius 2 is 1.13 bits per heavy atom. The van der Waals surface area contributed by atoms with E-state index in [4.69, 9.17) is 11.6 Å². The lowest BCUT2D eigenvalue weighted by molar-refractivity contribution is 0.575. The summed E-state index contributed by atoms with van der Waals surface area (Å²) in [6.07, 6.45) is 15.9. The van der Waals surface area contributed by atoms with E-state index in [1.54, 1.807) is 0 Å². The van der Waals surface area contributed by atoms with Gasteiger partial charge in [-0.1, -0.05) is 100 Å². The van der Waals surface area contributed by atoms with Crippen LogP contribution in [0.1, 0.15) is 69.4 Å². The van der Waals surface area contributed by atoms with Gasteiger partial charge in [0.25, 0.3) is 0 Å². The molecule has 2 aromatic carbocycles. The van der Waals surface area contributed by atoms with E-state index in [0.29, 0.717) is 5.88 Å². The van der Waals surface area contributed by atoms with Gasteiger partial charge in [-0.3, -0.25) is 0 Å². The van der Waals surface area contributed by atoms with Gasteiger partial charge in [0.2, 0.25) is 0 Å². The highest BCUT2D eigenvalue weighted by Crippen LogP contribution is 2.22. The SMILES string of the molecule is CCCCCCCCCCc1ccc(-c2cnc(-c3ccc(CCl)cc3)nc2)cc1. The van der Waals surface area contributed by atoms with Gasteiger partial charge < -0.3 is 0 Å². The number of unbranched alkanes of at least 4 members (excludes halogenated alkanes) is 7. The summed E-state index contributed by atoms with van der Waals surface area (Å²) in [5, 5.41) is 0. The van der Waals surface area contributed by atoms with E-state index in [-0.39, 0.29) is 0 Å². The van der Waals surface area contributed by atoms with Gasteiger partial charge in [-0.2, -0.15) is 0 Å².